The van der Waals surface area contributed by atoms with Gasteiger partial charge in [-0.15, -0.1) is 0 Å². The Hall–Kier alpha value is -4.71. The first-order valence-electron chi connectivity index (χ1n) is 12.4. The number of anilines is 3. The number of nitrogens with one attached hydrogen (secondary N) is 1. The van der Waals surface area contributed by atoms with Crippen molar-refractivity contribution < 1.29 is 19.1 Å². The van der Waals surface area contributed by atoms with Crippen LogP contribution in [-0.4, -0.2) is 59.9 Å². The van der Waals surface area contributed by atoms with Gasteiger partial charge in [0.25, 0.3) is 11.8 Å². The zero-order valence-electron chi connectivity index (χ0n) is 21.7. The van der Waals surface area contributed by atoms with E-state index in [0.717, 1.165) is 18.7 Å². The second kappa shape index (κ2) is 12.0. The van der Waals surface area contributed by atoms with Crippen LogP contribution in [0.3, 0.4) is 0 Å². The van der Waals surface area contributed by atoms with Gasteiger partial charge in [-0.05, 0) is 49.2 Å². The monoisotopic (exact) mass is 511 g/mol. The van der Waals surface area contributed by atoms with E-state index in [1.807, 2.05) is 11.9 Å². The largest absolute Gasteiger partial charge is 0.465 e. The molecule has 0 radical (unpaired) electrons. The van der Waals surface area contributed by atoms with Gasteiger partial charge in [-0.2, -0.15) is 4.98 Å². The lowest BCUT2D eigenvalue weighted by Crippen LogP contribution is -2.30. The van der Waals surface area contributed by atoms with E-state index in [9.17, 15) is 14.4 Å². The third-order valence-corrected chi connectivity index (χ3v) is 6.04. The number of hydrogen-bond donors (Lipinski definition) is 1. The average molecular weight is 512 g/mol. The summed E-state index contributed by atoms with van der Waals surface area (Å²) in [6.07, 6.45) is 3.69. The molecule has 1 aromatic heterocycles. The molecule has 3 aromatic rings. The van der Waals surface area contributed by atoms with E-state index in [4.69, 9.17) is 4.74 Å². The predicted octanol–water partition coefficient (Wildman–Crippen LogP) is 4.28. The van der Waals surface area contributed by atoms with Crippen LogP contribution in [0.2, 0.25) is 0 Å². The fraction of sp³-hybridized carbons (Fsp3) is 0.276. The molecule has 0 bridgehead atoms. The van der Waals surface area contributed by atoms with Crippen LogP contribution in [-0.2, 0) is 4.74 Å². The van der Waals surface area contributed by atoms with Crippen molar-refractivity contribution >= 4 is 35.2 Å². The van der Waals surface area contributed by atoms with Crippen molar-refractivity contribution in [3.63, 3.8) is 0 Å². The number of rotatable bonds is 9. The van der Waals surface area contributed by atoms with Crippen LogP contribution in [0.15, 0.2) is 54.7 Å². The maximum atomic E-state index is 12.5. The molecule has 2 aromatic carbocycles. The van der Waals surface area contributed by atoms with E-state index >= 15 is 0 Å². The molecule has 9 heteroatoms. The maximum Gasteiger partial charge on any atom is 0.337 e. The molecule has 0 spiro atoms. The minimum atomic E-state index is -0.400. The van der Waals surface area contributed by atoms with Crippen LogP contribution in [0.5, 0.6) is 0 Å². The lowest BCUT2D eigenvalue weighted by molar-refractivity contribution is 0.0598. The van der Waals surface area contributed by atoms with Gasteiger partial charge in [-0.25, -0.2) is 9.78 Å². The van der Waals surface area contributed by atoms with Crippen molar-refractivity contribution in [2.45, 2.75) is 26.2 Å². The fourth-order valence-electron chi connectivity index (χ4n) is 4.12. The summed E-state index contributed by atoms with van der Waals surface area (Å²) < 4.78 is 4.73. The minimum absolute atomic E-state index is 0.251. The molecule has 0 aliphatic carbocycles. The third-order valence-electron chi connectivity index (χ3n) is 6.04. The number of amides is 2. The number of methoxy groups -OCH3 is 1. The van der Waals surface area contributed by atoms with E-state index in [2.05, 4.69) is 34.0 Å². The van der Waals surface area contributed by atoms with Gasteiger partial charge in [-0.3, -0.25) is 14.5 Å². The van der Waals surface area contributed by atoms with Crippen molar-refractivity contribution in [1.82, 2.24) is 14.9 Å². The Bertz CT molecular complexity index is 1370. The van der Waals surface area contributed by atoms with Crippen molar-refractivity contribution in [3.05, 3.63) is 77.0 Å². The van der Waals surface area contributed by atoms with Crippen LogP contribution in [0, 0.1) is 11.8 Å². The first-order valence-corrected chi connectivity index (χ1v) is 12.4. The summed E-state index contributed by atoms with van der Waals surface area (Å²) in [5, 5.41) is 3.16. The number of fused-ring (bicyclic) bond motifs is 1. The highest BCUT2D eigenvalue weighted by Crippen LogP contribution is 2.23. The first-order chi connectivity index (χ1) is 18.4. The number of benzene rings is 2. The minimum Gasteiger partial charge on any atom is -0.465 e. The molecule has 38 heavy (non-hydrogen) atoms. The normalized spacial score (nSPS) is 12.0. The maximum absolute atomic E-state index is 12.5. The number of aromatic nitrogens is 2. The topological polar surface area (TPSA) is 105 Å². The molecule has 9 nitrogen and oxygen atoms in total. The molecular formula is C29H29N5O4. The average Bonchev–Trinajstić information content (AvgIpc) is 3.18. The first kappa shape index (κ1) is 26.4. The van der Waals surface area contributed by atoms with Gasteiger partial charge in [0.05, 0.1) is 35.6 Å². The molecule has 2 heterocycles. The smallest absolute Gasteiger partial charge is 0.337 e. The summed E-state index contributed by atoms with van der Waals surface area (Å²) in [4.78, 5) is 49.1. The Morgan fingerprint density at radius 1 is 1.08 bits per heavy atom. The highest BCUT2D eigenvalue weighted by atomic mass is 16.5. The quantitative estimate of drug-likeness (QED) is 0.196. The second-order valence-corrected chi connectivity index (χ2v) is 8.76. The molecule has 1 aliphatic rings. The van der Waals surface area contributed by atoms with E-state index in [1.165, 1.54) is 12.0 Å². The van der Waals surface area contributed by atoms with Gasteiger partial charge in [0.2, 0.25) is 5.95 Å². The molecule has 1 aliphatic heterocycles. The molecule has 194 valence electrons. The summed E-state index contributed by atoms with van der Waals surface area (Å²) in [5.74, 6) is 6.49. The number of ether oxygens (including phenoxy) is 1. The Kier molecular flexibility index (Phi) is 8.34. The highest BCUT2D eigenvalue weighted by Gasteiger charge is 2.34. The van der Waals surface area contributed by atoms with Crippen LogP contribution in [0.25, 0.3) is 0 Å². The zero-order chi connectivity index (χ0) is 27.1. The number of unbranched alkanes of at least 4 members (excludes halogenated alkanes) is 1. The Morgan fingerprint density at radius 3 is 2.39 bits per heavy atom. The number of esters is 1. The molecule has 4 rings (SSSR count). The van der Waals surface area contributed by atoms with Crippen molar-refractivity contribution in [2.75, 3.05) is 37.5 Å². The van der Waals surface area contributed by atoms with Gasteiger partial charge in [-0.1, -0.05) is 30.9 Å². The van der Waals surface area contributed by atoms with Crippen LogP contribution in [0.4, 0.5) is 17.5 Å². The molecule has 0 saturated heterocycles. The van der Waals surface area contributed by atoms with Gasteiger partial charge in [0.1, 0.15) is 5.82 Å². The molecule has 0 saturated carbocycles. The molecule has 1 N–H and O–H groups in total. The van der Waals surface area contributed by atoms with E-state index < -0.39 is 5.97 Å². The SMILES string of the molecule is CCCN(C)c1nc(Nc2ccc(C(=O)OC)cc2)ncc1C#CCCCN1C(=O)c2ccccc2C1=O. The Morgan fingerprint density at radius 2 is 1.76 bits per heavy atom. The Labute approximate surface area is 221 Å². The van der Waals surface area contributed by atoms with Gasteiger partial charge in [0.15, 0.2) is 0 Å². The number of carbonyl (C=O) groups excluding carboxylic acids is 3. The molecular weight excluding hydrogens is 482 g/mol. The fourth-order valence-corrected chi connectivity index (χ4v) is 4.12. The van der Waals surface area contributed by atoms with Crippen molar-refractivity contribution in [2.24, 2.45) is 0 Å². The number of nitrogens with zero attached hydrogens (tertiary/aromatic N) is 4. The van der Waals surface area contributed by atoms with Crippen LogP contribution < -0.4 is 10.2 Å². The standard InChI is InChI=1S/C29H29N5O4/c1-4-17-33(2)25-21(19-30-29(32-25)31-22-15-13-20(14-16-22)28(37)38-3)10-6-5-9-18-34-26(35)23-11-7-8-12-24(23)27(34)36/h7-8,11-16,19H,4-5,9,17-18H2,1-3H3,(H,30,31,32). The second-order valence-electron chi connectivity index (χ2n) is 8.76. The summed E-state index contributed by atoms with van der Waals surface area (Å²) in [5.41, 5.74) is 2.79. The molecule has 0 atom stereocenters. The number of imide groups is 1. The van der Waals surface area contributed by atoms with Gasteiger partial charge < -0.3 is 15.0 Å². The summed E-state index contributed by atoms with van der Waals surface area (Å²) in [6, 6.07) is 13.7. The molecule has 0 fully saturated rings. The number of carbonyl (C=O) groups is 3. The highest BCUT2D eigenvalue weighted by molar-refractivity contribution is 6.21. The lowest BCUT2D eigenvalue weighted by Gasteiger charge is -2.19. The lowest BCUT2D eigenvalue weighted by atomic mass is 10.1. The predicted molar refractivity (Wildman–Crippen MR) is 145 cm³/mol. The molecule has 0 unspecified atom stereocenters. The summed E-state index contributed by atoms with van der Waals surface area (Å²) in [6.45, 7) is 3.20. The third kappa shape index (κ3) is 5.81. The molecule has 2 amide bonds. The zero-order valence-corrected chi connectivity index (χ0v) is 21.7. The van der Waals surface area contributed by atoms with E-state index in [-0.39, 0.29) is 11.8 Å². The van der Waals surface area contributed by atoms with Gasteiger partial charge >= 0.3 is 5.97 Å². The number of hydrogen-bond acceptors (Lipinski definition) is 8. The van der Waals surface area contributed by atoms with Gasteiger partial charge in [0, 0.05) is 32.2 Å². The van der Waals surface area contributed by atoms with E-state index in [0.29, 0.717) is 53.4 Å². The van der Waals surface area contributed by atoms with Crippen LogP contribution in [0.1, 0.15) is 62.8 Å². The summed E-state index contributed by atoms with van der Waals surface area (Å²) >= 11 is 0. The van der Waals surface area contributed by atoms with Crippen molar-refractivity contribution in [1.29, 1.82) is 0 Å². The van der Waals surface area contributed by atoms with Crippen LogP contribution >= 0.6 is 0 Å². The summed E-state index contributed by atoms with van der Waals surface area (Å²) in [7, 11) is 3.30. The Balaban J connectivity index is 1.42. The van der Waals surface area contributed by atoms with Crippen molar-refractivity contribution in [3.8, 4) is 11.8 Å². The van der Waals surface area contributed by atoms with E-state index in [1.54, 1.807) is 54.7 Å².